The molecule has 1 aliphatic heterocycles. The van der Waals surface area contributed by atoms with E-state index < -0.39 is 0 Å². The van der Waals surface area contributed by atoms with Crippen LogP contribution in [0, 0.1) is 6.92 Å². The van der Waals surface area contributed by atoms with Crippen LogP contribution in [0.3, 0.4) is 0 Å². The molecule has 0 saturated carbocycles. The molecule has 0 aliphatic carbocycles. The van der Waals surface area contributed by atoms with E-state index in [1.54, 1.807) is 6.07 Å². The van der Waals surface area contributed by atoms with Crippen LogP contribution in [0.2, 0.25) is 0 Å². The highest BCUT2D eigenvalue weighted by molar-refractivity contribution is 7.14. The minimum absolute atomic E-state index is 0.0266. The fourth-order valence-corrected chi connectivity index (χ4v) is 3.33. The molecule has 0 unspecified atom stereocenters. The summed E-state index contributed by atoms with van der Waals surface area (Å²) in [6, 6.07) is 2.09. The Balaban J connectivity index is 1.84. The van der Waals surface area contributed by atoms with Gasteiger partial charge in [-0.3, -0.25) is 4.79 Å². The normalized spacial score (nSPS) is 17.6. The number of carbonyl (C=O) groups is 1. The van der Waals surface area contributed by atoms with Crippen molar-refractivity contribution in [2.24, 2.45) is 0 Å². The summed E-state index contributed by atoms with van der Waals surface area (Å²) in [5.74, 6) is 0.0266. The predicted octanol–water partition coefficient (Wildman–Crippen LogP) is 2.24. The lowest BCUT2D eigenvalue weighted by Crippen LogP contribution is -2.44. The van der Waals surface area contributed by atoms with Crippen LogP contribution < -0.4 is 11.1 Å². The van der Waals surface area contributed by atoms with Crippen molar-refractivity contribution in [3.63, 3.8) is 0 Å². The number of thiophene rings is 1. The number of nitrogens with one attached hydrogen (secondary N) is 1. The molecule has 19 heavy (non-hydrogen) atoms. The van der Waals surface area contributed by atoms with Gasteiger partial charge >= 0.3 is 0 Å². The van der Waals surface area contributed by atoms with E-state index in [-0.39, 0.29) is 5.91 Å². The van der Waals surface area contributed by atoms with Crippen LogP contribution >= 0.6 is 11.3 Å². The minimum Gasteiger partial charge on any atom is -0.398 e. The fraction of sp³-hybridized carbons (Fsp3) is 0.643. The number of carbonyl (C=O) groups excluding carboxylic acids is 1. The van der Waals surface area contributed by atoms with E-state index in [9.17, 15) is 4.79 Å². The lowest BCUT2D eigenvalue weighted by atomic mass is 10.0. The highest BCUT2D eigenvalue weighted by Gasteiger charge is 2.21. The van der Waals surface area contributed by atoms with Crippen molar-refractivity contribution in [2.75, 3.05) is 25.4 Å². The van der Waals surface area contributed by atoms with Gasteiger partial charge in [-0.2, -0.15) is 0 Å². The number of hydrogen-bond donors (Lipinski definition) is 2. The number of amides is 1. The number of nitrogens with two attached hydrogens (primary N) is 1. The number of likely N-dealkylation sites (tertiary alicyclic amines) is 1. The molecule has 1 saturated heterocycles. The second-order valence-electron chi connectivity index (χ2n) is 5.21. The van der Waals surface area contributed by atoms with Crippen LogP contribution in [0.25, 0.3) is 0 Å². The highest BCUT2D eigenvalue weighted by Crippen LogP contribution is 2.23. The van der Waals surface area contributed by atoms with Gasteiger partial charge in [-0.05, 0) is 38.8 Å². The predicted molar refractivity (Wildman–Crippen MR) is 80.7 cm³/mol. The Labute approximate surface area is 119 Å². The third-order valence-electron chi connectivity index (χ3n) is 3.64. The monoisotopic (exact) mass is 281 g/mol. The van der Waals surface area contributed by atoms with Gasteiger partial charge in [-0.15, -0.1) is 11.3 Å². The smallest absolute Gasteiger partial charge is 0.261 e. The number of anilines is 1. The molecular weight excluding hydrogens is 258 g/mol. The molecule has 5 heteroatoms. The first-order valence-corrected chi connectivity index (χ1v) is 7.81. The maximum atomic E-state index is 12.1. The molecule has 0 spiro atoms. The van der Waals surface area contributed by atoms with Crippen molar-refractivity contribution in [1.82, 2.24) is 10.2 Å². The third-order valence-corrected chi connectivity index (χ3v) is 4.71. The van der Waals surface area contributed by atoms with Gasteiger partial charge in [0.2, 0.25) is 0 Å². The third kappa shape index (κ3) is 3.70. The summed E-state index contributed by atoms with van der Waals surface area (Å²) in [5.41, 5.74) is 6.50. The first-order valence-electron chi connectivity index (χ1n) is 6.99. The van der Waals surface area contributed by atoms with Gasteiger partial charge in [-0.1, -0.05) is 6.92 Å². The number of aryl methyl sites for hydroxylation is 1. The molecule has 1 aliphatic rings. The quantitative estimate of drug-likeness (QED) is 0.890. The summed E-state index contributed by atoms with van der Waals surface area (Å²) in [7, 11) is 0. The highest BCUT2D eigenvalue weighted by atomic mass is 32.1. The van der Waals surface area contributed by atoms with E-state index in [4.69, 9.17) is 5.73 Å². The number of nitrogen functional groups attached to an aromatic ring is 1. The molecule has 0 bridgehead atoms. The van der Waals surface area contributed by atoms with E-state index in [2.05, 4.69) is 17.1 Å². The molecule has 1 amide bonds. The largest absolute Gasteiger partial charge is 0.398 e. The molecule has 1 aromatic heterocycles. The van der Waals surface area contributed by atoms with E-state index in [0.717, 1.165) is 35.7 Å². The van der Waals surface area contributed by atoms with Gasteiger partial charge in [0.05, 0.1) is 4.88 Å². The Morgan fingerprint density at radius 2 is 2.21 bits per heavy atom. The summed E-state index contributed by atoms with van der Waals surface area (Å²) in [5, 5.41) is 3.13. The zero-order chi connectivity index (χ0) is 13.8. The number of nitrogens with zero attached hydrogens (tertiary/aromatic N) is 1. The minimum atomic E-state index is 0.0266. The Morgan fingerprint density at radius 1 is 1.53 bits per heavy atom. The van der Waals surface area contributed by atoms with Gasteiger partial charge in [0.15, 0.2) is 0 Å². The van der Waals surface area contributed by atoms with E-state index in [0.29, 0.717) is 11.7 Å². The van der Waals surface area contributed by atoms with Crippen molar-refractivity contribution in [3.05, 3.63) is 15.8 Å². The average molecular weight is 281 g/mol. The Hall–Kier alpha value is -1.07. The summed E-state index contributed by atoms with van der Waals surface area (Å²) in [4.78, 5) is 16.3. The van der Waals surface area contributed by atoms with E-state index >= 15 is 0 Å². The molecule has 106 valence electrons. The standard InChI is InChI=1S/C14H23N3OS/c1-3-6-17-7-4-11(5-8-17)16-14(18)13-9-12(15)10(2)19-13/h9,11H,3-8,15H2,1-2H3,(H,16,18). The van der Waals surface area contributed by atoms with Crippen molar-refractivity contribution in [1.29, 1.82) is 0 Å². The summed E-state index contributed by atoms with van der Waals surface area (Å²) in [6.07, 6.45) is 3.29. The second kappa shape index (κ2) is 6.39. The van der Waals surface area contributed by atoms with Crippen LogP contribution in [0.5, 0.6) is 0 Å². The molecule has 1 aromatic rings. The fourth-order valence-electron chi connectivity index (χ4n) is 2.48. The van der Waals surface area contributed by atoms with Crippen LogP contribution in [0.15, 0.2) is 6.07 Å². The lowest BCUT2D eigenvalue weighted by molar-refractivity contribution is 0.0915. The van der Waals surface area contributed by atoms with Gasteiger partial charge in [0.25, 0.3) is 5.91 Å². The number of piperidine rings is 1. The first kappa shape index (κ1) is 14.3. The molecule has 0 atom stereocenters. The van der Waals surface area contributed by atoms with Crippen molar-refractivity contribution < 1.29 is 4.79 Å². The van der Waals surface area contributed by atoms with Crippen LogP contribution in [0.4, 0.5) is 5.69 Å². The molecule has 2 heterocycles. The lowest BCUT2D eigenvalue weighted by Gasteiger charge is -2.31. The molecule has 1 fully saturated rings. The molecule has 0 radical (unpaired) electrons. The van der Waals surface area contributed by atoms with Crippen molar-refractivity contribution in [3.8, 4) is 0 Å². The summed E-state index contributed by atoms with van der Waals surface area (Å²) in [6.45, 7) is 7.49. The van der Waals surface area contributed by atoms with Crippen LogP contribution in [-0.4, -0.2) is 36.5 Å². The number of rotatable bonds is 4. The number of hydrogen-bond acceptors (Lipinski definition) is 4. The van der Waals surface area contributed by atoms with Gasteiger partial charge in [0.1, 0.15) is 0 Å². The van der Waals surface area contributed by atoms with Crippen LogP contribution in [0.1, 0.15) is 40.7 Å². The maximum absolute atomic E-state index is 12.1. The zero-order valence-corrected chi connectivity index (χ0v) is 12.6. The van der Waals surface area contributed by atoms with Gasteiger partial charge in [-0.25, -0.2) is 0 Å². The first-order chi connectivity index (χ1) is 9.10. The SMILES string of the molecule is CCCN1CCC(NC(=O)c2cc(N)c(C)s2)CC1. The molecule has 4 nitrogen and oxygen atoms in total. The topological polar surface area (TPSA) is 58.4 Å². The Morgan fingerprint density at radius 3 is 2.74 bits per heavy atom. The van der Waals surface area contributed by atoms with E-state index in [1.807, 2.05) is 6.92 Å². The van der Waals surface area contributed by atoms with Gasteiger partial charge < -0.3 is 16.0 Å². The molecule has 0 aromatic carbocycles. The molecule has 2 rings (SSSR count). The van der Waals surface area contributed by atoms with E-state index in [1.165, 1.54) is 24.3 Å². The Bertz CT molecular complexity index is 416. The van der Waals surface area contributed by atoms with Crippen LogP contribution in [-0.2, 0) is 0 Å². The zero-order valence-electron chi connectivity index (χ0n) is 11.7. The summed E-state index contributed by atoms with van der Waals surface area (Å²) < 4.78 is 0. The second-order valence-corrected chi connectivity index (χ2v) is 6.47. The molecular formula is C14H23N3OS. The Kier molecular flexibility index (Phi) is 4.82. The molecule has 3 N–H and O–H groups in total. The maximum Gasteiger partial charge on any atom is 0.261 e. The van der Waals surface area contributed by atoms with Crippen molar-refractivity contribution in [2.45, 2.75) is 39.2 Å². The van der Waals surface area contributed by atoms with Gasteiger partial charge in [0, 0.05) is 29.7 Å². The van der Waals surface area contributed by atoms with Crippen molar-refractivity contribution >= 4 is 22.9 Å². The average Bonchev–Trinajstić information content (AvgIpc) is 2.72. The summed E-state index contributed by atoms with van der Waals surface area (Å²) >= 11 is 1.47.